The molecule has 0 bridgehead atoms. The molecule has 6 heteroatoms. The van der Waals surface area contributed by atoms with Crippen molar-refractivity contribution >= 4 is 11.0 Å². The van der Waals surface area contributed by atoms with E-state index >= 15 is 0 Å². The van der Waals surface area contributed by atoms with Crippen LogP contribution in [0.3, 0.4) is 0 Å². The molecule has 1 aliphatic carbocycles. The van der Waals surface area contributed by atoms with E-state index in [0.29, 0.717) is 11.4 Å². The average molecular weight is 359 g/mol. The highest BCUT2D eigenvalue weighted by molar-refractivity contribution is 5.78. The van der Waals surface area contributed by atoms with Gasteiger partial charge in [-0.25, -0.2) is 9.97 Å². The van der Waals surface area contributed by atoms with Crippen molar-refractivity contribution in [1.82, 2.24) is 19.4 Å². The number of pyridine rings is 1. The number of ether oxygens (including phenoxy) is 1. The summed E-state index contributed by atoms with van der Waals surface area (Å²) >= 11 is 0. The molecule has 3 heterocycles. The lowest BCUT2D eigenvalue weighted by atomic mass is 9.91. The van der Waals surface area contributed by atoms with Crippen LogP contribution in [0.1, 0.15) is 30.7 Å². The number of benzene rings is 1. The molecule has 1 aliphatic heterocycles. The maximum absolute atomic E-state index is 8.88. The second kappa shape index (κ2) is 6.67. The van der Waals surface area contributed by atoms with E-state index in [1.54, 1.807) is 12.1 Å². The molecule has 1 aromatic carbocycles. The second-order valence-electron chi connectivity index (χ2n) is 7.30. The Morgan fingerprint density at radius 2 is 2.04 bits per heavy atom. The van der Waals surface area contributed by atoms with Crippen molar-refractivity contribution in [2.45, 2.75) is 38.3 Å². The van der Waals surface area contributed by atoms with Crippen LogP contribution < -0.4 is 4.74 Å². The van der Waals surface area contributed by atoms with Crippen LogP contribution in [0, 0.1) is 11.3 Å². The largest absolute Gasteiger partial charge is 0.439 e. The summed E-state index contributed by atoms with van der Waals surface area (Å²) in [6.45, 7) is 3.17. The summed E-state index contributed by atoms with van der Waals surface area (Å²) in [7, 11) is 0. The molecule has 5 rings (SSSR count). The third-order valence-electron chi connectivity index (χ3n) is 5.71. The van der Waals surface area contributed by atoms with Crippen LogP contribution in [-0.2, 0) is 13.0 Å². The number of nitrogens with zero attached hydrogens (tertiary/aromatic N) is 5. The number of imidazole rings is 1. The molecule has 2 aliphatic rings. The molecular weight excluding hydrogens is 338 g/mol. The SMILES string of the molecule is N#Cc1ccc(Oc2ccc3nc4n(c3c2)CCN(C2CCC2)CC4)nc1. The van der Waals surface area contributed by atoms with Gasteiger partial charge in [0.1, 0.15) is 17.6 Å². The fraction of sp³-hybridized carbons (Fsp3) is 0.381. The van der Waals surface area contributed by atoms with Gasteiger partial charge >= 0.3 is 0 Å². The molecule has 1 saturated carbocycles. The molecule has 6 nitrogen and oxygen atoms in total. The first-order chi connectivity index (χ1) is 13.3. The molecule has 0 saturated heterocycles. The number of rotatable bonds is 3. The normalized spacial score (nSPS) is 17.7. The first kappa shape index (κ1) is 16.3. The van der Waals surface area contributed by atoms with Crippen molar-refractivity contribution in [3.05, 3.63) is 47.9 Å². The van der Waals surface area contributed by atoms with E-state index in [1.807, 2.05) is 18.2 Å². The Morgan fingerprint density at radius 3 is 2.78 bits per heavy atom. The molecule has 0 amide bonds. The van der Waals surface area contributed by atoms with Gasteiger partial charge in [0.25, 0.3) is 0 Å². The van der Waals surface area contributed by atoms with Gasteiger partial charge in [-0.3, -0.25) is 4.90 Å². The van der Waals surface area contributed by atoms with Crippen LogP contribution >= 0.6 is 0 Å². The molecule has 1 fully saturated rings. The maximum Gasteiger partial charge on any atom is 0.219 e. The highest BCUT2D eigenvalue weighted by Gasteiger charge is 2.27. The van der Waals surface area contributed by atoms with E-state index in [1.165, 1.54) is 31.3 Å². The summed E-state index contributed by atoms with van der Waals surface area (Å²) in [5.41, 5.74) is 2.66. The van der Waals surface area contributed by atoms with Gasteiger partial charge in [-0.2, -0.15) is 5.26 Å². The molecular formula is C21H21N5O. The molecule has 136 valence electrons. The lowest BCUT2D eigenvalue weighted by Crippen LogP contribution is -2.41. The summed E-state index contributed by atoms with van der Waals surface area (Å²) in [4.78, 5) is 11.7. The Balaban J connectivity index is 1.40. The van der Waals surface area contributed by atoms with Crippen LogP contribution in [0.5, 0.6) is 11.6 Å². The number of hydrogen-bond donors (Lipinski definition) is 0. The number of hydrogen-bond acceptors (Lipinski definition) is 5. The molecule has 0 spiro atoms. The van der Waals surface area contributed by atoms with Crippen LogP contribution in [0.15, 0.2) is 36.5 Å². The Bertz CT molecular complexity index is 1010. The maximum atomic E-state index is 8.88. The Hall–Kier alpha value is -2.91. The summed E-state index contributed by atoms with van der Waals surface area (Å²) in [5, 5.41) is 8.88. The van der Waals surface area contributed by atoms with Gasteiger partial charge in [-0.15, -0.1) is 0 Å². The van der Waals surface area contributed by atoms with Crippen molar-refractivity contribution in [3.63, 3.8) is 0 Å². The van der Waals surface area contributed by atoms with Crippen LogP contribution in [0.4, 0.5) is 0 Å². The van der Waals surface area contributed by atoms with Crippen LogP contribution in [0.25, 0.3) is 11.0 Å². The average Bonchev–Trinajstić information content (AvgIpc) is 2.87. The van der Waals surface area contributed by atoms with Gasteiger partial charge in [0.05, 0.1) is 16.6 Å². The standard InChI is InChI=1S/C21H21N5O/c22-13-15-4-7-21(23-14-15)27-17-5-6-18-19(12-17)26-11-10-25(16-2-1-3-16)9-8-20(26)24-18/h4-7,12,14,16H,1-3,8-11H2. The molecule has 2 aromatic heterocycles. The minimum atomic E-state index is 0.486. The van der Waals surface area contributed by atoms with Crippen LogP contribution in [-0.4, -0.2) is 38.6 Å². The first-order valence-electron chi connectivity index (χ1n) is 9.57. The quantitative estimate of drug-likeness (QED) is 0.716. The van der Waals surface area contributed by atoms with Gasteiger partial charge in [0.15, 0.2) is 0 Å². The monoisotopic (exact) mass is 359 g/mol. The van der Waals surface area contributed by atoms with E-state index in [4.69, 9.17) is 15.0 Å². The smallest absolute Gasteiger partial charge is 0.219 e. The highest BCUT2D eigenvalue weighted by Crippen LogP contribution is 2.29. The van der Waals surface area contributed by atoms with Gasteiger partial charge < -0.3 is 9.30 Å². The van der Waals surface area contributed by atoms with E-state index in [0.717, 1.165) is 48.9 Å². The van der Waals surface area contributed by atoms with Gasteiger partial charge in [-0.05, 0) is 31.0 Å². The third kappa shape index (κ3) is 3.04. The highest BCUT2D eigenvalue weighted by atomic mass is 16.5. The molecule has 0 atom stereocenters. The number of fused-ring (bicyclic) bond motifs is 3. The van der Waals surface area contributed by atoms with Crippen molar-refractivity contribution < 1.29 is 4.74 Å². The number of nitriles is 1. The van der Waals surface area contributed by atoms with Crippen molar-refractivity contribution in [3.8, 4) is 17.7 Å². The zero-order chi connectivity index (χ0) is 18.2. The molecule has 0 radical (unpaired) electrons. The zero-order valence-corrected chi connectivity index (χ0v) is 15.1. The molecule has 0 unspecified atom stereocenters. The predicted octanol–water partition coefficient (Wildman–Crippen LogP) is 3.51. The van der Waals surface area contributed by atoms with E-state index in [9.17, 15) is 0 Å². The second-order valence-corrected chi connectivity index (χ2v) is 7.30. The topological polar surface area (TPSA) is 67.0 Å². The molecule has 27 heavy (non-hydrogen) atoms. The number of aromatic nitrogens is 3. The fourth-order valence-corrected chi connectivity index (χ4v) is 3.98. The van der Waals surface area contributed by atoms with Crippen molar-refractivity contribution in [1.29, 1.82) is 5.26 Å². The first-order valence-corrected chi connectivity index (χ1v) is 9.57. The van der Waals surface area contributed by atoms with E-state index in [2.05, 4.69) is 20.5 Å². The van der Waals surface area contributed by atoms with Crippen molar-refractivity contribution in [2.75, 3.05) is 13.1 Å². The van der Waals surface area contributed by atoms with E-state index in [-0.39, 0.29) is 0 Å². The summed E-state index contributed by atoms with van der Waals surface area (Å²) in [6, 6.07) is 12.3. The third-order valence-corrected chi connectivity index (χ3v) is 5.71. The zero-order valence-electron chi connectivity index (χ0n) is 15.1. The van der Waals surface area contributed by atoms with Crippen molar-refractivity contribution in [2.24, 2.45) is 0 Å². The summed E-state index contributed by atoms with van der Waals surface area (Å²) in [6.07, 6.45) is 6.59. The van der Waals surface area contributed by atoms with E-state index < -0.39 is 0 Å². The Morgan fingerprint density at radius 1 is 1.11 bits per heavy atom. The predicted molar refractivity (Wildman–Crippen MR) is 102 cm³/mol. The summed E-state index contributed by atoms with van der Waals surface area (Å²) < 4.78 is 8.23. The van der Waals surface area contributed by atoms with Gasteiger partial charge in [0.2, 0.25) is 5.88 Å². The Labute approximate surface area is 158 Å². The minimum absolute atomic E-state index is 0.486. The Kier molecular flexibility index (Phi) is 4.02. The lowest BCUT2D eigenvalue weighted by molar-refractivity contribution is 0.130. The lowest BCUT2D eigenvalue weighted by Gasteiger charge is -2.36. The van der Waals surface area contributed by atoms with Gasteiger partial charge in [0, 0.05) is 50.4 Å². The summed E-state index contributed by atoms with van der Waals surface area (Å²) in [5.74, 6) is 2.39. The molecule has 3 aromatic rings. The van der Waals surface area contributed by atoms with Crippen LogP contribution in [0.2, 0.25) is 0 Å². The fourth-order valence-electron chi connectivity index (χ4n) is 3.98. The van der Waals surface area contributed by atoms with Gasteiger partial charge in [-0.1, -0.05) is 6.42 Å². The minimum Gasteiger partial charge on any atom is -0.439 e. The molecule has 0 N–H and O–H groups in total.